The van der Waals surface area contributed by atoms with Crippen LogP contribution in [0.4, 0.5) is 0 Å². The van der Waals surface area contributed by atoms with Crippen LogP contribution >= 0.6 is 0 Å². The molecule has 0 bridgehead atoms. The maximum absolute atomic E-state index is 14.6. The molecule has 5 rings (SSSR count). The number of hydrogen-bond donors (Lipinski definition) is 2. The van der Waals surface area contributed by atoms with Crippen LogP contribution in [0.1, 0.15) is 99.8 Å². The van der Waals surface area contributed by atoms with E-state index in [1.54, 1.807) is 20.8 Å². The molecule has 3 aliphatic carbocycles. The van der Waals surface area contributed by atoms with E-state index in [0.717, 1.165) is 24.5 Å². The molecule has 244 valence electrons. The van der Waals surface area contributed by atoms with Crippen molar-refractivity contribution in [1.29, 1.82) is 0 Å². The normalized spacial score (nSPS) is 30.7. The number of allylic oxidation sites excluding steroid dienone is 1. The molecule has 0 saturated heterocycles. The van der Waals surface area contributed by atoms with Gasteiger partial charge in [-0.25, -0.2) is 0 Å². The maximum atomic E-state index is 14.6. The summed E-state index contributed by atoms with van der Waals surface area (Å²) in [5.41, 5.74) is -1.08. The zero-order valence-corrected chi connectivity index (χ0v) is 28.0. The first-order valence-electron chi connectivity index (χ1n) is 16.4. The Balaban J connectivity index is 1.61. The lowest BCUT2D eigenvalue weighted by Crippen LogP contribution is -2.76. The molecule has 7 heteroatoms. The molecule has 0 aromatic heterocycles. The lowest BCUT2D eigenvalue weighted by molar-refractivity contribution is -0.205. The molecule has 2 N–H and O–H groups in total. The van der Waals surface area contributed by atoms with Crippen molar-refractivity contribution < 1.29 is 34.2 Å². The zero-order chi connectivity index (χ0) is 34.1. The first kappa shape index (κ1) is 33.6. The van der Waals surface area contributed by atoms with Crippen molar-refractivity contribution in [2.24, 2.45) is 34.5 Å². The third kappa shape index (κ3) is 4.85. The second-order valence-electron chi connectivity index (χ2n) is 15.2. The summed E-state index contributed by atoms with van der Waals surface area (Å²) in [5, 5.41) is 23.9. The van der Waals surface area contributed by atoms with Crippen LogP contribution in [0.3, 0.4) is 0 Å². The molecule has 6 atom stereocenters. The number of aryl methyl sites for hydroxylation is 1. The molecule has 7 nitrogen and oxygen atoms in total. The molecule has 2 saturated carbocycles. The molecular formula is C39H46O7. The largest absolute Gasteiger partial charge is 0.507 e. The van der Waals surface area contributed by atoms with E-state index in [2.05, 4.69) is 6.58 Å². The van der Waals surface area contributed by atoms with Crippen LogP contribution in [0.25, 0.3) is 0 Å². The van der Waals surface area contributed by atoms with Crippen LogP contribution in [0.5, 0.6) is 5.75 Å². The Morgan fingerprint density at radius 1 is 1.02 bits per heavy atom. The van der Waals surface area contributed by atoms with E-state index in [1.165, 1.54) is 5.56 Å². The van der Waals surface area contributed by atoms with E-state index in [1.807, 2.05) is 57.2 Å². The molecule has 0 heterocycles. The predicted octanol–water partition coefficient (Wildman–Crippen LogP) is 5.95. The number of aromatic hydroxyl groups is 1. The molecule has 2 fully saturated rings. The standard InChI is InChI=1S/C39H46O7/c1-20(2)26-17-25(16-22(5)14-15-24-12-10-9-11-13-24)32(41)29-27(26)18-37(7)19-38(8)30(21(3)4)33(42)28(23(6)40)35(44)39(38,46)36(45)31(37)34(29)43/h9-13,17,20-21,28,30-31,41,46H,5,14-16,18-19H2,1-4,6-8H3/t28?,30?,31?,37-,38-,39+/m1/s1. The molecule has 3 aliphatic rings. The minimum Gasteiger partial charge on any atom is -0.507 e. The first-order chi connectivity index (χ1) is 21.4. The average Bonchev–Trinajstić information content (AvgIpc) is 2.95. The van der Waals surface area contributed by atoms with Crippen LogP contribution in [0.15, 0.2) is 48.6 Å². The van der Waals surface area contributed by atoms with Crippen molar-refractivity contribution in [3.63, 3.8) is 0 Å². The van der Waals surface area contributed by atoms with Gasteiger partial charge in [0.15, 0.2) is 28.7 Å². The van der Waals surface area contributed by atoms with Crippen molar-refractivity contribution >= 4 is 28.9 Å². The van der Waals surface area contributed by atoms with E-state index in [0.29, 0.717) is 24.0 Å². The molecular weight excluding hydrogens is 580 g/mol. The van der Waals surface area contributed by atoms with Crippen LogP contribution in [0, 0.1) is 34.5 Å². The van der Waals surface area contributed by atoms with E-state index < -0.39 is 63.1 Å². The summed E-state index contributed by atoms with van der Waals surface area (Å²) < 4.78 is 0. The third-order valence-electron chi connectivity index (χ3n) is 11.2. The average molecular weight is 627 g/mol. The smallest absolute Gasteiger partial charge is 0.190 e. The van der Waals surface area contributed by atoms with Gasteiger partial charge in [0.25, 0.3) is 0 Å². The molecule has 46 heavy (non-hydrogen) atoms. The van der Waals surface area contributed by atoms with Crippen molar-refractivity contribution in [1.82, 2.24) is 0 Å². The van der Waals surface area contributed by atoms with Gasteiger partial charge in [0.2, 0.25) is 0 Å². The van der Waals surface area contributed by atoms with Gasteiger partial charge in [-0.05, 0) is 78.5 Å². The van der Waals surface area contributed by atoms with E-state index in [4.69, 9.17) is 0 Å². The minimum atomic E-state index is -2.71. The Morgan fingerprint density at radius 3 is 2.22 bits per heavy atom. The number of fused-ring (bicyclic) bond motifs is 3. The number of rotatable bonds is 8. The predicted molar refractivity (Wildman–Crippen MR) is 175 cm³/mol. The lowest BCUT2D eigenvalue weighted by Gasteiger charge is -2.62. The fourth-order valence-electron chi connectivity index (χ4n) is 9.26. The van der Waals surface area contributed by atoms with E-state index in [9.17, 15) is 34.2 Å². The molecule has 0 radical (unpaired) electrons. The van der Waals surface area contributed by atoms with Gasteiger partial charge in [-0.1, -0.05) is 90.1 Å². The van der Waals surface area contributed by atoms with Crippen LogP contribution in [-0.4, -0.2) is 44.7 Å². The summed E-state index contributed by atoms with van der Waals surface area (Å²) in [4.78, 5) is 69.4. The molecule has 0 spiro atoms. The highest BCUT2D eigenvalue weighted by atomic mass is 16.3. The van der Waals surface area contributed by atoms with Gasteiger partial charge < -0.3 is 10.2 Å². The number of aliphatic hydroxyl groups is 1. The SMILES string of the molecule is C=C(CCc1ccccc1)Cc1cc(C(C)C)c2c(c1O)C(=O)C1C(=O)[C@@]3(O)C(=O)C(C(C)=O)C(=O)C(C(C)C)[C@@]3(C)C[C@@]1(C)C2. The van der Waals surface area contributed by atoms with Gasteiger partial charge in [0, 0.05) is 11.3 Å². The molecule has 0 amide bonds. The van der Waals surface area contributed by atoms with E-state index >= 15 is 0 Å². The number of hydrogen-bond acceptors (Lipinski definition) is 7. The fourth-order valence-corrected chi connectivity index (χ4v) is 9.26. The summed E-state index contributed by atoms with van der Waals surface area (Å²) in [6.07, 6.45) is 2.09. The summed E-state index contributed by atoms with van der Waals surface area (Å²) in [5.74, 6) is -8.79. The van der Waals surface area contributed by atoms with Gasteiger partial charge in [0.05, 0.1) is 11.5 Å². The number of Topliss-reactive ketones (excluding diaryl/α,β-unsaturated/α-hetero) is 5. The Kier molecular flexibility index (Phi) is 8.42. The minimum absolute atomic E-state index is 0.0111. The fraction of sp³-hybridized carbons (Fsp3) is 0.513. The van der Waals surface area contributed by atoms with Gasteiger partial charge in [-0.3, -0.25) is 24.0 Å². The van der Waals surface area contributed by atoms with E-state index in [-0.39, 0.29) is 36.0 Å². The lowest BCUT2D eigenvalue weighted by atomic mass is 9.39. The van der Waals surface area contributed by atoms with Crippen LogP contribution < -0.4 is 0 Å². The first-order valence-corrected chi connectivity index (χ1v) is 16.4. The molecule has 3 unspecified atom stereocenters. The van der Waals surface area contributed by atoms with Crippen molar-refractivity contribution in [3.8, 4) is 5.75 Å². The highest BCUT2D eigenvalue weighted by Crippen LogP contribution is 2.64. The highest BCUT2D eigenvalue weighted by Gasteiger charge is 2.76. The quantitative estimate of drug-likeness (QED) is 0.274. The van der Waals surface area contributed by atoms with Crippen molar-refractivity contribution in [2.45, 2.75) is 92.1 Å². The second-order valence-corrected chi connectivity index (χ2v) is 15.2. The van der Waals surface area contributed by atoms with Crippen LogP contribution in [-0.2, 0) is 38.4 Å². The van der Waals surface area contributed by atoms with Gasteiger partial charge in [-0.2, -0.15) is 0 Å². The van der Waals surface area contributed by atoms with Gasteiger partial charge >= 0.3 is 0 Å². The van der Waals surface area contributed by atoms with Gasteiger partial charge in [-0.15, -0.1) is 0 Å². The number of phenolic OH excluding ortho intramolecular Hbond substituents is 1. The Hall–Kier alpha value is -3.71. The Morgan fingerprint density at radius 2 is 1.65 bits per heavy atom. The third-order valence-corrected chi connectivity index (χ3v) is 11.2. The number of ketones is 5. The van der Waals surface area contributed by atoms with Crippen molar-refractivity contribution in [3.05, 3.63) is 76.4 Å². The number of carbonyl (C=O) groups excluding carboxylic acids is 5. The van der Waals surface area contributed by atoms with Gasteiger partial charge in [0.1, 0.15) is 17.5 Å². The molecule has 0 aliphatic heterocycles. The Labute approximate surface area is 271 Å². The summed E-state index contributed by atoms with van der Waals surface area (Å²) in [7, 11) is 0. The summed E-state index contributed by atoms with van der Waals surface area (Å²) in [6.45, 7) is 16.4. The zero-order valence-electron chi connectivity index (χ0n) is 28.0. The topological polar surface area (TPSA) is 126 Å². The summed E-state index contributed by atoms with van der Waals surface area (Å²) >= 11 is 0. The Bertz CT molecular complexity index is 1670. The number of phenols is 1. The highest BCUT2D eigenvalue weighted by molar-refractivity contribution is 6.32. The second kappa shape index (κ2) is 11.5. The van der Waals surface area contributed by atoms with Crippen LogP contribution in [0.2, 0.25) is 0 Å². The molecule has 2 aromatic carbocycles. The maximum Gasteiger partial charge on any atom is 0.190 e. The van der Waals surface area contributed by atoms with Crippen molar-refractivity contribution in [2.75, 3.05) is 0 Å². The molecule has 2 aromatic rings. The monoisotopic (exact) mass is 626 g/mol. The number of carbonyl (C=O) groups is 5. The number of benzene rings is 2. The summed E-state index contributed by atoms with van der Waals surface area (Å²) in [6, 6.07) is 12.0.